The van der Waals surface area contributed by atoms with E-state index in [1.165, 1.54) is 0 Å². The molecule has 4 nitrogen and oxygen atoms in total. The lowest BCUT2D eigenvalue weighted by molar-refractivity contribution is -0.143. The highest BCUT2D eigenvalue weighted by atomic mass is 16.4. The number of rotatable bonds is 6. The minimum Gasteiger partial charge on any atom is -0.481 e. The smallest absolute Gasteiger partial charge is 0.308 e. The molecule has 1 N–H and O–H groups in total. The molecule has 1 aliphatic rings. The number of hydrogen-bond acceptors (Lipinski definition) is 3. The Morgan fingerprint density at radius 2 is 1.58 bits per heavy atom. The Kier molecular flexibility index (Phi) is 4.13. The molecule has 2 unspecified atom stereocenters. The molecule has 4 rings (SSSR count). The minimum absolute atomic E-state index is 0.0238. The van der Waals surface area contributed by atoms with Gasteiger partial charge in [-0.25, -0.2) is 0 Å². The van der Waals surface area contributed by atoms with Crippen molar-refractivity contribution < 1.29 is 14.3 Å². The molecule has 1 aromatic heterocycles. The summed E-state index contributed by atoms with van der Waals surface area (Å²) in [5.41, 5.74) is 1.65. The van der Waals surface area contributed by atoms with E-state index in [4.69, 9.17) is 4.42 Å². The molecule has 1 aliphatic heterocycles. The van der Waals surface area contributed by atoms with E-state index in [1.54, 1.807) is 13.2 Å². The van der Waals surface area contributed by atoms with Crippen molar-refractivity contribution >= 4 is 5.97 Å². The van der Waals surface area contributed by atoms with Gasteiger partial charge in [-0.15, -0.1) is 0 Å². The van der Waals surface area contributed by atoms with Crippen LogP contribution in [0.4, 0.5) is 0 Å². The van der Waals surface area contributed by atoms with Crippen molar-refractivity contribution in [2.24, 2.45) is 5.92 Å². The summed E-state index contributed by atoms with van der Waals surface area (Å²) in [5.74, 6) is -0.684. The predicted octanol–water partition coefficient (Wildman–Crippen LogP) is 4.30. The predicted molar refractivity (Wildman–Crippen MR) is 98.6 cm³/mol. The quantitative estimate of drug-likeness (QED) is 0.676. The molecule has 0 radical (unpaired) electrons. The zero-order valence-corrected chi connectivity index (χ0v) is 14.6. The van der Waals surface area contributed by atoms with Crippen molar-refractivity contribution in [3.05, 3.63) is 95.9 Å². The number of carboxylic acid groups (broad SMARTS) is 1. The van der Waals surface area contributed by atoms with Crippen LogP contribution < -0.4 is 0 Å². The van der Waals surface area contributed by atoms with Crippen LogP contribution in [-0.4, -0.2) is 22.5 Å². The van der Waals surface area contributed by atoms with Crippen LogP contribution in [0.15, 0.2) is 83.5 Å². The van der Waals surface area contributed by atoms with Gasteiger partial charge < -0.3 is 9.52 Å². The van der Waals surface area contributed by atoms with Gasteiger partial charge in [0.2, 0.25) is 0 Å². The first kappa shape index (κ1) is 16.6. The molecule has 132 valence electrons. The normalized spacial score (nSPS) is 22.9. The summed E-state index contributed by atoms with van der Waals surface area (Å²) < 4.78 is 5.68. The molecule has 0 bridgehead atoms. The Bertz CT molecular complexity index is 837. The molecular weight excluding hydrogens is 326 g/mol. The van der Waals surface area contributed by atoms with Crippen LogP contribution in [0.5, 0.6) is 0 Å². The average Bonchev–Trinajstić information content (AvgIpc) is 3.14. The number of carboxylic acids is 1. The molecule has 2 heterocycles. The van der Waals surface area contributed by atoms with E-state index in [0.29, 0.717) is 12.3 Å². The summed E-state index contributed by atoms with van der Waals surface area (Å²) in [6.45, 7) is 2.40. The fourth-order valence-corrected chi connectivity index (χ4v) is 3.92. The summed E-state index contributed by atoms with van der Waals surface area (Å²) in [6.07, 6.45) is 1.61. The Labute approximate surface area is 152 Å². The van der Waals surface area contributed by atoms with Crippen LogP contribution >= 0.6 is 0 Å². The molecular formula is C22H21NO3. The zero-order valence-electron chi connectivity index (χ0n) is 14.6. The standard InChI is InChI=1S/C22H21NO3/c1-16(21(24)25)22(19-13-8-14-26-19)15-23(22)20(17-9-4-2-5-10-17)18-11-6-3-7-12-18/h2-14,16,20H,15H2,1H3,(H,24,25)/t16?,22-,23?/m0/s1. The van der Waals surface area contributed by atoms with E-state index in [2.05, 4.69) is 29.2 Å². The zero-order chi connectivity index (χ0) is 18.1. The number of hydrogen-bond donors (Lipinski definition) is 1. The Morgan fingerprint density at radius 1 is 1.00 bits per heavy atom. The van der Waals surface area contributed by atoms with E-state index >= 15 is 0 Å². The SMILES string of the molecule is CC(C(=O)O)[C@]1(c2ccco2)CN1C(c1ccccc1)c1ccccc1. The molecule has 1 saturated heterocycles. The van der Waals surface area contributed by atoms with E-state index in [1.807, 2.05) is 48.5 Å². The number of furan rings is 1. The summed E-state index contributed by atoms with van der Waals surface area (Å²) in [5, 5.41) is 9.73. The van der Waals surface area contributed by atoms with Gasteiger partial charge in [0.25, 0.3) is 0 Å². The summed E-state index contributed by atoms with van der Waals surface area (Å²) >= 11 is 0. The second kappa shape index (κ2) is 6.46. The molecule has 4 heteroatoms. The first-order valence-corrected chi connectivity index (χ1v) is 8.78. The molecule has 0 amide bonds. The third-order valence-corrected chi connectivity index (χ3v) is 5.40. The van der Waals surface area contributed by atoms with Gasteiger partial charge in [0.1, 0.15) is 11.3 Å². The molecule has 3 aromatic rings. The average molecular weight is 347 g/mol. The Balaban J connectivity index is 1.81. The van der Waals surface area contributed by atoms with Crippen LogP contribution in [-0.2, 0) is 10.3 Å². The van der Waals surface area contributed by atoms with Gasteiger partial charge in [-0.05, 0) is 30.2 Å². The second-order valence-corrected chi connectivity index (χ2v) is 6.81. The fourth-order valence-electron chi connectivity index (χ4n) is 3.92. The lowest BCUT2D eigenvalue weighted by Crippen LogP contribution is -2.32. The van der Waals surface area contributed by atoms with Gasteiger partial charge in [0.05, 0.1) is 18.2 Å². The Hall–Kier alpha value is -2.85. The van der Waals surface area contributed by atoms with Gasteiger partial charge >= 0.3 is 5.97 Å². The third-order valence-electron chi connectivity index (χ3n) is 5.40. The first-order valence-electron chi connectivity index (χ1n) is 8.78. The van der Waals surface area contributed by atoms with Crippen LogP contribution in [0.2, 0.25) is 0 Å². The topological polar surface area (TPSA) is 53.4 Å². The van der Waals surface area contributed by atoms with Crippen molar-refractivity contribution in [3.8, 4) is 0 Å². The number of carbonyl (C=O) groups is 1. The number of nitrogens with zero attached hydrogens (tertiary/aromatic N) is 1. The van der Waals surface area contributed by atoms with Crippen LogP contribution in [0, 0.1) is 5.92 Å². The maximum absolute atomic E-state index is 11.9. The van der Waals surface area contributed by atoms with Crippen molar-refractivity contribution in [2.75, 3.05) is 6.54 Å². The Morgan fingerprint density at radius 3 is 2.04 bits per heavy atom. The number of benzene rings is 2. The fraction of sp³-hybridized carbons (Fsp3) is 0.227. The van der Waals surface area contributed by atoms with Gasteiger partial charge in [0, 0.05) is 6.54 Å². The summed E-state index contributed by atoms with van der Waals surface area (Å²) in [4.78, 5) is 14.1. The maximum atomic E-state index is 11.9. The van der Waals surface area contributed by atoms with Crippen molar-refractivity contribution in [2.45, 2.75) is 18.5 Å². The van der Waals surface area contributed by atoms with Gasteiger partial charge in [-0.2, -0.15) is 0 Å². The van der Waals surface area contributed by atoms with E-state index in [0.717, 1.165) is 11.1 Å². The largest absolute Gasteiger partial charge is 0.481 e. The molecule has 0 aliphatic carbocycles. The molecule has 0 spiro atoms. The summed E-state index contributed by atoms with van der Waals surface area (Å²) in [6, 6.07) is 24.1. The lowest BCUT2D eigenvalue weighted by atomic mass is 9.89. The van der Waals surface area contributed by atoms with Crippen LogP contribution in [0.3, 0.4) is 0 Å². The van der Waals surface area contributed by atoms with Crippen molar-refractivity contribution in [3.63, 3.8) is 0 Å². The van der Waals surface area contributed by atoms with Gasteiger partial charge in [0.15, 0.2) is 0 Å². The lowest BCUT2D eigenvalue weighted by Gasteiger charge is -2.27. The van der Waals surface area contributed by atoms with E-state index < -0.39 is 17.4 Å². The molecule has 0 saturated carbocycles. The van der Waals surface area contributed by atoms with E-state index in [-0.39, 0.29) is 6.04 Å². The number of aliphatic carboxylic acids is 1. The first-order chi connectivity index (χ1) is 12.6. The van der Waals surface area contributed by atoms with Crippen LogP contribution in [0.25, 0.3) is 0 Å². The molecule has 1 fully saturated rings. The van der Waals surface area contributed by atoms with Gasteiger partial charge in [-0.1, -0.05) is 60.7 Å². The second-order valence-electron chi connectivity index (χ2n) is 6.81. The molecule has 3 atom stereocenters. The summed E-state index contributed by atoms with van der Waals surface area (Å²) in [7, 11) is 0. The van der Waals surface area contributed by atoms with Crippen LogP contribution in [0.1, 0.15) is 29.9 Å². The monoisotopic (exact) mass is 347 g/mol. The molecule has 26 heavy (non-hydrogen) atoms. The van der Waals surface area contributed by atoms with Crippen molar-refractivity contribution in [1.82, 2.24) is 4.90 Å². The third kappa shape index (κ3) is 2.63. The highest BCUT2D eigenvalue weighted by molar-refractivity contribution is 5.73. The highest BCUT2D eigenvalue weighted by Crippen LogP contribution is 2.55. The molecule has 2 aromatic carbocycles. The minimum atomic E-state index is -0.816. The van der Waals surface area contributed by atoms with Crippen molar-refractivity contribution in [1.29, 1.82) is 0 Å². The maximum Gasteiger partial charge on any atom is 0.308 e. The van der Waals surface area contributed by atoms with Gasteiger partial charge in [-0.3, -0.25) is 9.69 Å². The highest BCUT2D eigenvalue weighted by Gasteiger charge is 2.64. The van der Waals surface area contributed by atoms with E-state index in [9.17, 15) is 9.90 Å².